The fourth-order valence-corrected chi connectivity index (χ4v) is 4.11. The first-order valence-electron chi connectivity index (χ1n) is 9.61. The van der Waals surface area contributed by atoms with E-state index >= 15 is 0 Å². The highest BCUT2D eigenvalue weighted by Gasteiger charge is 2.49. The van der Waals surface area contributed by atoms with Crippen molar-refractivity contribution in [3.8, 4) is 28.1 Å². The molecule has 2 heterocycles. The van der Waals surface area contributed by atoms with Gasteiger partial charge in [0.25, 0.3) is 0 Å². The van der Waals surface area contributed by atoms with Crippen LogP contribution in [0.25, 0.3) is 22.4 Å². The zero-order valence-electron chi connectivity index (χ0n) is 17.1. The summed E-state index contributed by atoms with van der Waals surface area (Å²) >= 11 is 0. The predicted molar refractivity (Wildman–Crippen MR) is 111 cm³/mol. The third kappa shape index (κ3) is 2.66. The molecule has 0 atom stereocenters. The van der Waals surface area contributed by atoms with Crippen molar-refractivity contribution in [2.24, 2.45) is 7.05 Å². The van der Waals surface area contributed by atoms with Crippen LogP contribution in [-0.4, -0.2) is 5.60 Å². The molecule has 0 N–H and O–H groups in total. The summed E-state index contributed by atoms with van der Waals surface area (Å²) in [6, 6.07) is 19.4. The lowest BCUT2D eigenvalue weighted by molar-refractivity contribution is -0.659. The predicted octanol–water partition coefficient (Wildman–Crippen LogP) is 5.60. The zero-order chi connectivity index (χ0) is 19.4. The van der Waals surface area contributed by atoms with Gasteiger partial charge >= 0.3 is 0 Å². The van der Waals surface area contributed by atoms with Crippen molar-refractivity contribution in [3.05, 3.63) is 71.9 Å². The van der Waals surface area contributed by atoms with E-state index < -0.39 is 0 Å². The van der Waals surface area contributed by atoms with Gasteiger partial charge in [-0.15, -0.1) is 0 Å². The molecular formula is C25H28NO+. The molecule has 1 aliphatic heterocycles. The van der Waals surface area contributed by atoms with Gasteiger partial charge < -0.3 is 4.74 Å². The molecule has 3 aromatic rings. The summed E-state index contributed by atoms with van der Waals surface area (Å²) in [5, 5.41) is 0. The molecule has 2 nitrogen and oxygen atoms in total. The monoisotopic (exact) mass is 358 g/mol. The first-order chi connectivity index (χ1) is 12.7. The maximum absolute atomic E-state index is 6.30. The first-order valence-corrected chi connectivity index (χ1v) is 9.61. The molecule has 0 unspecified atom stereocenters. The Morgan fingerprint density at radius 1 is 0.815 bits per heavy atom. The molecule has 4 rings (SSSR count). The minimum absolute atomic E-state index is 0.0633. The van der Waals surface area contributed by atoms with Gasteiger partial charge in [-0.25, -0.2) is 4.57 Å². The number of aromatic nitrogens is 1. The van der Waals surface area contributed by atoms with Gasteiger partial charge in [0.05, 0.1) is 0 Å². The largest absolute Gasteiger partial charge is 0.487 e. The summed E-state index contributed by atoms with van der Waals surface area (Å²) in [5.74, 6) is 1.01. The second-order valence-electron chi connectivity index (χ2n) is 8.64. The van der Waals surface area contributed by atoms with Gasteiger partial charge in [0.1, 0.15) is 18.4 Å². The van der Waals surface area contributed by atoms with Crippen LogP contribution in [0.15, 0.2) is 60.8 Å². The van der Waals surface area contributed by atoms with Crippen molar-refractivity contribution in [2.75, 3.05) is 0 Å². The number of fused-ring (bicyclic) bond motifs is 1. The Labute approximate surface area is 162 Å². The number of hydrogen-bond acceptors (Lipinski definition) is 1. The molecule has 2 heteroatoms. The van der Waals surface area contributed by atoms with Crippen LogP contribution in [-0.2, 0) is 12.5 Å². The van der Waals surface area contributed by atoms with Crippen molar-refractivity contribution in [3.63, 3.8) is 0 Å². The van der Waals surface area contributed by atoms with E-state index in [2.05, 4.69) is 107 Å². The van der Waals surface area contributed by atoms with E-state index in [1.165, 1.54) is 33.5 Å². The maximum Gasteiger partial charge on any atom is 0.212 e. The van der Waals surface area contributed by atoms with Crippen molar-refractivity contribution < 1.29 is 9.30 Å². The number of hydrogen-bond donors (Lipinski definition) is 0. The van der Waals surface area contributed by atoms with Gasteiger partial charge in [-0.1, -0.05) is 44.2 Å². The highest BCUT2D eigenvalue weighted by molar-refractivity contribution is 5.73. The Morgan fingerprint density at radius 2 is 1.52 bits per heavy atom. The first kappa shape index (κ1) is 17.8. The number of benzene rings is 2. The van der Waals surface area contributed by atoms with Crippen LogP contribution in [0.2, 0.25) is 0 Å². The quantitative estimate of drug-likeness (QED) is 0.543. The zero-order valence-corrected chi connectivity index (χ0v) is 17.1. The van der Waals surface area contributed by atoms with E-state index in [0.717, 1.165) is 5.75 Å². The standard InChI is InChI=1S/C25H28NO/c1-17-10-7-8-11-19(17)21-15-14-18(16-26(21)6)20-12-9-13-22-23(20)24(2,3)25(4,5)27-22/h7-16H,1-6H3/q+1. The summed E-state index contributed by atoms with van der Waals surface area (Å²) in [5.41, 5.74) is 7.28. The molecule has 2 aromatic carbocycles. The maximum atomic E-state index is 6.30. The fraction of sp³-hybridized carbons (Fsp3) is 0.320. The number of pyridine rings is 1. The van der Waals surface area contributed by atoms with Crippen molar-refractivity contribution in [1.82, 2.24) is 0 Å². The van der Waals surface area contributed by atoms with Gasteiger partial charge in [-0.05, 0) is 50.1 Å². The highest BCUT2D eigenvalue weighted by Crippen LogP contribution is 2.52. The third-order valence-electron chi connectivity index (χ3n) is 6.39. The summed E-state index contributed by atoms with van der Waals surface area (Å²) < 4.78 is 8.53. The SMILES string of the molecule is Cc1ccccc1-c1ccc(-c2cccc3c2C(C)(C)C(C)(C)O3)c[n+]1C. The minimum Gasteiger partial charge on any atom is -0.487 e. The lowest BCUT2D eigenvalue weighted by Gasteiger charge is -2.34. The Balaban J connectivity index is 1.85. The molecule has 0 amide bonds. The highest BCUT2D eigenvalue weighted by atomic mass is 16.5. The third-order valence-corrected chi connectivity index (χ3v) is 6.39. The van der Waals surface area contributed by atoms with Crippen LogP contribution in [0.3, 0.4) is 0 Å². The lowest BCUT2D eigenvalue weighted by Crippen LogP contribution is -2.42. The smallest absolute Gasteiger partial charge is 0.212 e. The van der Waals surface area contributed by atoms with E-state index in [1.807, 2.05) is 0 Å². The molecule has 1 aromatic heterocycles. The Hall–Kier alpha value is -2.61. The molecule has 0 saturated carbocycles. The van der Waals surface area contributed by atoms with E-state index in [1.54, 1.807) is 0 Å². The van der Waals surface area contributed by atoms with Crippen LogP contribution in [0.4, 0.5) is 0 Å². The molecule has 27 heavy (non-hydrogen) atoms. The normalized spacial score (nSPS) is 16.7. The van der Waals surface area contributed by atoms with Gasteiger partial charge in [0, 0.05) is 28.2 Å². The van der Waals surface area contributed by atoms with Crippen LogP contribution < -0.4 is 9.30 Å². The number of aryl methyl sites for hydroxylation is 2. The molecule has 0 radical (unpaired) electrons. The van der Waals surface area contributed by atoms with E-state index in [-0.39, 0.29) is 11.0 Å². The van der Waals surface area contributed by atoms with Crippen molar-refractivity contribution >= 4 is 0 Å². The Kier molecular flexibility index (Phi) is 3.92. The van der Waals surface area contributed by atoms with Gasteiger partial charge in [0.15, 0.2) is 6.20 Å². The van der Waals surface area contributed by atoms with Crippen LogP contribution >= 0.6 is 0 Å². The van der Waals surface area contributed by atoms with Gasteiger partial charge in [-0.3, -0.25) is 0 Å². The van der Waals surface area contributed by atoms with Crippen molar-refractivity contribution in [2.45, 2.75) is 45.6 Å². The second kappa shape index (κ2) is 5.95. The Morgan fingerprint density at radius 3 is 2.22 bits per heavy atom. The lowest BCUT2D eigenvalue weighted by atomic mass is 9.71. The topological polar surface area (TPSA) is 13.1 Å². The van der Waals surface area contributed by atoms with E-state index in [9.17, 15) is 0 Å². The average Bonchev–Trinajstić information content (AvgIpc) is 2.80. The van der Waals surface area contributed by atoms with Crippen LogP contribution in [0.1, 0.15) is 38.8 Å². The molecule has 1 aliphatic rings. The molecule has 138 valence electrons. The summed E-state index contributed by atoms with van der Waals surface area (Å²) in [7, 11) is 2.13. The molecule has 0 spiro atoms. The van der Waals surface area contributed by atoms with Crippen LogP contribution in [0, 0.1) is 6.92 Å². The molecular weight excluding hydrogens is 330 g/mol. The summed E-state index contributed by atoms with van der Waals surface area (Å²) in [4.78, 5) is 0. The van der Waals surface area contributed by atoms with Crippen LogP contribution in [0.5, 0.6) is 5.75 Å². The fourth-order valence-electron chi connectivity index (χ4n) is 4.11. The Bertz CT molecular complexity index is 1030. The minimum atomic E-state index is -0.227. The molecule has 0 saturated heterocycles. The van der Waals surface area contributed by atoms with Gasteiger partial charge in [-0.2, -0.15) is 0 Å². The number of rotatable bonds is 2. The van der Waals surface area contributed by atoms with Crippen molar-refractivity contribution in [1.29, 1.82) is 0 Å². The molecule has 0 aliphatic carbocycles. The van der Waals surface area contributed by atoms with E-state index in [4.69, 9.17) is 4.74 Å². The van der Waals surface area contributed by atoms with Gasteiger partial charge in [0.2, 0.25) is 5.69 Å². The second-order valence-corrected chi connectivity index (χ2v) is 8.64. The molecule has 0 fully saturated rings. The van der Waals surface area contributed by atoms with E-state index in [0.29, 0.717) is 0 Å². The summed E-state index contributed by atoms with van der Waals surface area (Å²) in [6.07, 6.45) is 2.23. The number of nitrogens with zero attached hydrogens (tertiary/aromatic N) is 1. The average molecular weight is 359 g/mol. The molecule has 0 bridgehead atoms. The summed E-state index contributed by atoms with van der Waals surface area (Å²) in [6.45, 7) is 11.1. The number of ether oxygens (including phenoxy) is 1.